The molecule has 1 amide bonds. The number of amides is 1. The quantitative estimate of drug-likeness (QED) is 0.793. The van der Waals surface area contributed by atoms with Gasteiger partial charge in [-0.25, -0.2) is 0 Å². The van der Waals surface area contributed by atoms with Crippen LogP contribution in [0.3, 0.4) is 0 Å². The molecular formula is C17H24NO3-. The van der Waals surface area contributed by atoms with E-state index in [4.69, 9.17) is 0 Å². The summed E-state index contributed by atoms with van der Waals surface area (Å²) in [5.41, 5.74) is 0. The van der Waals surface area contributed by atoms with Gasteiger partial charge in [-0.15, -0.1) is 0 Å². The average molecular weight is 290 g/mol. The highest BCUT2D eigenvalue weighted by atomic mass is 16.4. The van der Waals surface area contributed by atoms with Crippen molar-refractivity contribution in [3.05, 3.63) is 12.2 Å². The second kappa shape index (κ2) is 6.20. The van der Waals surface area contributed by atoms with Crippen LogP contribution >= 0.6 is 0 Å². The van der Waals surface area contributed by atoms with Gasteiger partial charge in [-0.1, -0.05) is 31.4 Å². The van der Waals surface area contributed by atoms with E-state index in [2.05, 4.69) is 5.32 Å². The van der Waals surface area contributed by atoms with E-state index in [9.17, 15) is 14.7 Å². The van der Waals surface area contributed by atoms with Gasteiger partial charge in [0.1, 0.15) is 0 Å². The molecule has 0 aromatic heterocycles. The zero-order valence-electron chi connectivity index (χ0n) is 12.4. The van der Waals surface area contributed by atoms with E-state index in [1.54, 1.807) is 0 Å². The summed E-state index contributed by atoms with van der Waals surface area (Å²) in [6.45, 7) is 0.705. The lowest BCUT2D eigenvalue weighted by Crippen LogP contribution is -2.53. The van der Waals surface area contributed by atoms with Gasteiger partial charge in [0.2, 0.25) is 5.91 Å². The monoisotopic (exact) mass is 290 g/mol. The van der Waals surface area contributed by atoms with E-state index in [1.807, 2.05) is 12.2 Å². The van der Waals surface area contributed by atoms with Gasteiger partial charge in [-0.05, 0) is 43.4 Å². The number of carboxylic acid groups (broad SMARTS) is 1. The van der Waals surface area contributed by atoms with E-state index in [1.165, 1.54) is 32.1 Å². The second-order valence-corrected chi connectivity index (χ2v) is 6.91. The minimum absolute atomic E-state index is 0.0227. The first kappa shape index (κ1) is 14.6. The Morgan fingerprint density at radius 2 is 1.57 bits per heavy atom. The lowest BCUT2D eigenvalue weighted by atomic mass is 9.62. The van der Waals surface area contributed by atoms with Crippen molar-refractivity contribution in [3.8, 4) is 0 Å². The number of carbonyl (C=O) groups excluding carboxylic acids is 2. The van der Waals surface area contributed by atoms with Crippen LogP contribution in [0.2, 0.25) is 0 Å². The van der Waals surface area contributed by atoms with Gasteiger partial charge in [0, 0.05) is 18.4 Å². The van der Waals surface area contributed by atoms with Crippen LogP contribution in [-0.4, -0.2) is 18.4 Å². The van der Waals surface area contributed by atoms with E-state index in [0.29, 0.717) is 12.5 Å². The Hall–Kier alpha value is -1.32. The van der Waals surface area contributed by atoms with Crippen molar-refractivity contribution >= 4 is 11.9 Å². The molecule has 0 spiro atoms. The molecule has 0 aliphatic heterocycles. The highest BCUT2D eigenvalue weighted by molar-refractivity contribution is 5.85. The highest BCUT2D eigenvalue weighted by Crippen LogP contribution is 2.44. The molecule has 0 aromatic carbocycles. The summed E-state index contributed by atoms with van der Waals surface area (Å²) in [6, 6.07) is 0. The third-order valence-electron chi connectivity index (χ3n) is 5.61. The predicted octanol–water partition coefficient (Wildman–Crippen LogP) is 1.26. The first-order chi connectivity index (χ1) is 10.2. The Labute approximate surface area is 126 Å². The Kier molecular flexibility index (Phi) is 4.32. The number of hydrogen-bond donors (Lipinski definition) is 1. The van der Waals surface area contributed by atoms with Crippen LogP contribution in [0.25, 0.3) is 0 Å². The first-order valence-electron chi connectivity index (χ1n) is 8.33. The third-order valence-corrected chi connectivity index (χ3v) is 5.61. The molecule has 0 saturated heterocycles. The largest absolute Gasteiger partial charge is 0.550 e. The molecule has 4 aliphatic rings. The Morgan fingerprint density at radius 3 is 2.14 bits per heavy atom. The molecule has 2 fully saturated rings. The minimum Gasteiger partial charge on any atom is -0.550 e. The van der Waals surface area contributed by atoms with Gasteiger partial charge in [0.05, 0.1) is 5.92 Å². The molecule has 1 N–H and O–H groups in total. The fourth-order valence-electron chi connectivity index (χ4n) is 4.43. The van der Waals surface area contributed by atoms with Crippen LogP contribution in [-0.2, 0) is 9.59 Å². The van der Waals surface area contributed by atoms with Crippen molar-refractivity contribution in [1.29, 1.82) is 0 Å². The summed E-state index contributed by atoms with van der Waals surface area (Å²) in [5.74, 6) is -1.58. The van der Waals surface area contributed by atoms with Crippen molar-refractivity contribution in [1.82, 2.24) is 5.32 Å². The maximum absolute atomic E-state index is 12.5. The predicted molar refractivity (Wildman–Crippen MR) is 76.9 cm³/mol. The molecule has 0 heterocycles. The van der Waals surface area contributed by atoms with Crippen LogP contribution in [0.5, 0.6) is 0 Å². The highest BCUT2D eigenvalue weighted by Gasteiger charge is 2.45. The van der Waals surface area contributed by atoms with Crippen LogP contribution in [0.4, 0.5) is 0 Å². The number of nitrogens with one attached hydrogen (secondary N) is 1. The van der Waals surface area contributed by atoms with Crippen molar-refractivity contribution < 1.29 is 14.7 Å². The van der Waals surface area contributed by atoms with E-state index < -0.39 is 17.8 Å². The number of aliphatic carboxylic acids is 1. The van der Waals surface area contributed by atoms with Gasteiger partial charge >= 0.3 is 0 Å². The van der Waals surface area contributed by atoms with Crippen LogP contribution in [0.1, 0.15) is 44.9 Å². The zero-order chi connectivity index (χ0) is 14.8. The normalized spacial score (nSPS) is 35.6. The van der Waals surface area contributed by atoms with Gasteiger partial charge in [0.15, 0.2) is 0 Å². The smallest absolute Gasteiger partial charge is 0.224 e. The number of allylic oxidation sites excluding steroid dienone is 2. The number of carbonyl (C=O) groups is 2. The van der Waals surface area contributed by atoms with Crippen LogP contribution in [0.15, 0.2) is 12.2 Å². The van der Waals surface area contributed by atoms with Crippen LogP contribution in [0, 0.1) is 29.6 Å². The number of fused-ring (bicyclic) bond motifs is 2. The molecule has 0 aromatic rings. The molecule has 21 heavy (non-hydrogen) atoms. The number of rotatable bonds is 4. The van der Waals surface area contributed by atoms with Crippen LogP contribution < -0.4 is 10.4 Å². The summed E-state index contributed by atoms with van der Waals surface area (Å²) in [4.78, 5) is 23.9. The summed E-state index contributed by atoms with van der Waals surface area (Å²) >= 11 is 0. The lowest BCUT2D eigenvalue weighted by molar-refractivity contribution is -0.316. The van der Waals surface area contributed by atoms with Gasteiger partial charge in [-0.3, -0.25) is 4.79 Å². The van der Waals surface area contributed by atoms with Crippen molar-refractivity contribution in [3.63, 3.8) is 0 Å². The standard InChI is InChI=1S/C17H25NO3/c19-16(18-10-11-4-2-1-3-5-11)14-12-6-8-13(9-7-12)15(14)17(20)21/h6,8,11-15H,1-5,7,9-10H2,(H,18,19)(H,20,21)/p-1/t12-,13-,14-,15-/m0/s1. The van der Waals surface area contributed by atoms with Crippen molar-refractivity contribution in [2.24, 2.45) is 29.6 Å². The maximum Gasteiger partial charge on any atom is 0.224 e. The van der Waals surface area contributed by atoms with E-state index in [-0.39, 0.29) is 17.7 Å². The summed E-state index contributed by atoms with van der Waals surface area (Å²) < 4.78 is 0. The van der Waals surface area contributed by atoms with Gasteiger partial charge in [-0.2, -0.15) is 0 Å². The number of hydrogen-bond acceptors (Lipinski definition) is 3. The molecule has 0 unspecified atom stereocenters. The minimum atomic E-state index is -1.06. The molecule has 0 radical (unpaired) electrons. The Bertz CT molecular complexity index is 439. The van der Waals surface area contributed by atoms with Crippen molar-refractivity contribution in [2.45, 2.75) is 44.9 Å². The summed E-state index contributed by atoms with van der Waals surface area (Å²) in [6.07, 6.45) is 12.0. The summed E-state index contributed by atoms with van der Waals surface area (Å²) in [5, 5.41) is 14.5. The number of carboxylic acids is 1. The molecular weight excluding hydrogens is 266 g/mol. The summed E-state index contributed by atoms with van der Waals surface area (Å²) in [7, 11) is 0. The maximum atomic E-state index is 12.5. The SMILES string of the molecule is O=C([O-])[C@@H]1[C@@H](C(=O)NCC2CCCCC2)[C@H]2C=C[C@H]1CC2. The topological polar surface area (TPSA) is 69.2 Å². The molecule has 2 saturated carbocycles. The first-order valence-corrected chi connectivity index (χ1v) is 8.33. The average Bonchev–Trinajstić information content (AvgIpc) is 2.53. The van der Waals surface area contributed by atoms with E-state index in [0.717, 1.165) is 12.8 Å². The third kappa shape index (κ3) is 2.99. The lowest BCUT2D eigenvalue weighted by Gasteiger charge is -2.44. The second-order valence-electron chi connectivity index (χ2n) is 6.91. The molecule has 4 rings (SSSR count). The molecule has 4 nitrogen and oxygen atoms in total. The van der Waals surface area contributed by atoms with E-state index >= 15 is 0 Å². The molecule has 4 heteroatoms. The fourth-order valence-corrected chi connectivity index (χ4v) is 4.43. The Morgan fingerprint density at radius 1 is 0.952 bits per heavy atom. The van der Waals surface area contributed by atoms with Gasteiger partial charge in [0.25, 0.3) is 0 Å². The fraction of sp³-hybridized carbons (Fsp3) is 0.765. The zero-order valence-corrected chi connectivity index (χ0v) is 12.4. The van der Waals surface area contributed by atoms with Crippen molar-refractivity contribution in [2.75, 3.05) is 6.54 Å². The molecule has 116 valence electrons. The Balaban J connectivity index is 1.62. The van der Waals surface area contributed by atoms with Gasteiger partial charge < -0.3 is 15.2 Å². The molecule has 4 aliphatic carbocycles. The molecule has 4 atom stereocenters. The molecule has 2 bridgehead atoms.